The molecule has 160 valence electrons. The minimum absolute atomic E-state index is 0. The maximum atomic E-state index is 12.8. The van der Waals surface area contributed by atoms with Crippen LogP contribution in [0.3, 0.4) is 0 Å². The number of rotatable bonds is 6. The van der Waals surface area contributed by atoms with Crippen molar-refractivity contribution in [2.75, 3.05) is 25.2 Å². The van der Waals surface area contributed by atoms with E-state index in [0.29, 0.717) is 24.4 Å². The number of nitrogen functional groups attached to an aromatic ring is 1. The number of fused-ring (bicyclic) bond motifs is 1. The minimum Gasteiger partial charge on any atom is -0.543 e. The van der Waals surface area contributed by atoms with Crippen LogP contribution in [0.25, 0.3) is 0 Å². The Hall–Kier alpha value is -1.64. The normalized spacial score (nSPS) is 25.5. The molecular formula is C17H18N5NaO6S2. The van der Waals surface area contributed by atoms with Gasteiger partial charge < -0.3 is 30.5 Å². The van der Waals surface area contributed by atoms with Crippen LogP contribution in [0.2, 0.25) is 0 Å². The zero-order chi connectivity index (χ0) is 21.4. The molecule has 3 aliphatic rings. The monoisotopic (exact) mass is 475 g/mol. The number of carboxylic acid groups (broad SMARTS) is 1. The molecule has 0 unspecified atom stereocenters. The van der Waals surface area contributed by atoms with E-state index in [-0.39, 0.29) is 57.9 Å². The molecule has 3 aliphatic heterocycles. The Morgan fingerprint density at radius 2 is 2.26 bits per heavy atom. The van der Waals surface area contributed by atoms with Crippen LogP contribution in [-0.2, 0) is 24.0 Å². The number of aliphatic carboxylic acids is 1. The van der Waals surface area contributed by atoms with Crippen LogP contribution < -0.4 is 45.7 Å². The Morgan fingerprint density at radius 1 is 1.48 bits per heavy atom. The summed E-state index contributed by atoms with van der Waals surface area (Å²) in [5.41, 5.74) is 6.09. The van der Waals surface area contributed by atoms with Gasteiger partial charge in [0.05, 0.1) is 17.8 Å². The molecule has 4 heterocycles. The molecule has 14 heteroatoms. The number of thioether (sulfide) groups is 1. The first-order valence-electron chi connectivity index (χ1n) is 9.06. The first-order chi connectivity index (χ1) is 14.4. The number of thiazole rings is 1. The second-order valence-corrected chi connectivity index (χ2v) is 8.71. The average molecular weight is 475 g/mol. The second kappa shape index (κ2) is 9.88. The van der Waals surface area contributed by atoms with Gasteiger partial charge in [-0.15, -0.1) is 23.1 Å². The molecule has 4 rings (SSSR count). The molecule has 2 saturated heterocycles. The molecule has 2 amide bonds. The zero-order valence-corrected chi connectivity index (χ0v) is 20.5. The van der Waals surface area contributed by atoms with Crippen LogP contribution in [-0.4, -0.2) is 70.4 Å². The Labute approximate surface area is 207 Å². The summed E-state index contributed by atoms with van der Waals surface area (Å²) >= 11 is 2.49. The van der Waals surface area contributed by atoms with Crippen LogP contribution >= 0.6 is 23.1 Å². The van der Waals surface area contributed by atoms with Gasteiger partial charge in [-0.25, -0.2) is 4.98 Å². The van der Waals surface area contributed by atoms with Crippen LogP contribution in [0.4, 0.5) is 5.13 Å². The summed E-state index contributed by atoms with van der Waals surface area (Å²) in [6, 6.07) is -0.916. The number of carbonyl (C=O) groups is 3. The van der Waals surface area contributed by atoms with E-state index in [2.05, 4.69) is 15.5 Å². The number of nitrogens with two attached hydrogens (primary N) is 1. The zero-order valence-electron chi connectivity index (χ0n) is 16.8. The SMILES string of the molecule is CON=C(C(=O)N[C@@H]1C(=O)N2C(C(=O)[O-])=C([C@@H]3CCCO3)CS[C@H]12)c1csc(N)n1.[Na+]. The number of ether oxygens (including phenoxy) is 1. The molecular weight excluding hydrogens is 457 g/mol. The van der Waals surface area contributed by atoms with Crippen molar-refractivity contribution >= 4 is 51.7 Å². The van der Waals surface area contributed by atoms with E-state index in [1.165, 1.54) is 23.8 Å². The van der Waals surface area contributed by atoms with E-state index in [1.807, 2.05) is 0 Å². The third kappa shape index (κ3) is 4.47. The van der Waals surface area contributed by atoms with Crippen molar-refractivity contribution in [2.45, 2.75) is 30.4 Å². The number of nitrogens with one attached hydrogen (secondary N) is 1. The molecule has 0 bridgehead atoms. The summed E-state index contributed by atoms with van der Waals surface area (Å²) in [6.07, 6.45) is 1.20. The van der Waals surface area contributed by atoms with Crippen molar-refractivity contribution in [1.29, 1.82) is 0 Å². The molecule has 3 atom stereocenters. The molecule has 2 fully saturated rings. The van der Waals surface area contributed by atoms with E-state index in [9.17, 15) is 19.5 Å². The second-order valence-electron chi connectivity index (χ2n) is 6.72. The van der Waals surface area contributed by atoms with Gasteiger partial charge >= 0.3 is 29.6 Å². The number of carbonyl (C=O) groups excluding carboxylic acids is 3. The Kier molecular flexibility index (Phi) is 7.65. The fraction of sp³-hybridized carbons (Fsp3) is 0.471. The van der Waals surface area contributed by atoms with E-state index in [4.69, 9.17) is 15.3 Å². The van der Waals surface area contributed by atoms with Gasteiger partial charge in [-0.1, -0.05) is 5.16 Å². The third-order valence-electron chi connectivity index (χ3n) is 4.96. The predicted octanol–water partition coefficient (Wildman–Crippen LogP) is -4.34. The van der Waals surface area contributed by atoms with Gasteiger partial charge in [0.15, 0.2) is 10.8 Å². The summed E-state index contributed by atoms with van der Waals surface area (Å²) in [6.45, 7) is 0.554. The maximum Gasteiger partial charge on any atom is 1.00 e. The minimum atomic E-state index is -1.43. The number of nitrogens with zero attached hydrogens (tertiary/aromatic N) is 3. The fourth-order valence-corrected chi connectivity index (χ4v) is 5.59. The van der Waals surface area contributed by atoms with Gasteiger partial charge in [0, 0.05) is 17.7 Å². The number of β-lactam (4-membered cyclic amide) rings is 1. The van der Waals surface area contributed by atoms with Gasteiger partial charge in [0.2, 0.25) is 0 Å². The standard InChI is InChI=1S/C17H19N5O6S2.Na/c1-27-21-10(8-6-30-17(18)19-8)13(23)20-11-14(24)22-12(16(25)26)7(5-29-15(11)22)9-3-2-4-28-9;/h6,9,11,15H,2-5H2,1H3,(H2,18,19)(H,20,23)(H,25,26);/q;+1/p-1/t9-,11+,15+;/m0./s1. The van der Waals surface area contributed by atoms with Crippen molar-refractivity contribution in [2.24, 2.45) is 5.16 Å². The molecule has 3 N–H and O–H groups in total. The molecule has 0 spiro atoms. The number of aromatic nitrogens is 1. The van der Waals surface area contributed by atoms with Crippen LogP contribution in [0.5, 0.6) is 0 Å². The number of hydrogen-bond donors (Lipinski definition) is 2. The first kappa shape index (κ1) is 24.0. The summed E-state index contributed by atoms with van der Waals surface area (Å²) < 4.78 is 5.60. The molecule has 1 aromatic heterocycles. The van der Waals surface area contributed by atoms with Gasteiger partial charge in [0.25, 0.3) is 11.8 Å². The fourth-order valence-electron chi connectivity index (χ4n) is 3.63. The van der Waals surface area contributed by atoms with Gasteiger partial charge in [-0.05, 0) is 18.4 Å². The van der Waals surface area contributed by atoms with Crippen LogP contribution in [0.15, 0.2) is 21.8 Å². The number of oxime groups is 1. The molecule has 31 heavy (non-hydrogen) atoms. The molecule has 0 aliphatic carbocycles. The Bertz CT molecular complexity index is 961. The summed E-state index contributed by atoms with van der Waals surface area (Å²) in [5, 5.41) is 19.3. The molecule has 0 aromatic carbocycles. The molecule has 0 saturated carbocycles. The van der Waals surface area contributed by atoms with Crippen LogP contribution in [0, 0.1) is 0 Å². The summed E-state index contributed by atoms with van der Waals surface area (Å²) in [7, 11) is 1.28. The topological polar surface area (TPSA) is 159 Å². The van der Waals surface area contributed by atoms with E-state index in [0.717, 1.165) is 17.8 Å². The maximum absolute atomic E-state index is 12.8. The quantitative estimate of drug-likeness (QED) is 0.179. The number of anilines is 1. The van der Waals surface area contributed by atoms with Crippen molar-refractivity contribution < 1.29 is 58.6 Å². The van der Waals surface area contributed by atoms with Crippen molar-refractivity contribution in [1.82, 2.24) is 15.2 Å². The number of hydrogen-bond acceptors (Lipinski definition) is 11. The molecule has 0 radical (unpaired) electrons. The Balaban J connectivity index is 0.00000272. The van der Waals surface area contributed by atoms with Crippen molar-refractivity contribution in [3.8, 4) is 0 Å². The first-order valence-corrected chi connectivity index (χ1v) is 11.0. The van der Waals surface area contributed by atoms with Gasteiger partial charge in [-0.2, -0.15) is 0 Å². The van der Waals surface area contributed by atoms with Crippen molar-refractivity contribution in [3.05, 3.63) is 22.3 Å². The summed E-state index contributed by atoms with van der Waals surface area (Å²) in [4.78, 5) is 47.2. The molecule has 1 aromatic rings. The number of carboxylic acids is 1. The Morgan fingerprint density at radius 3 is 2.84 bits per heavy atom. The predicted molar refractivity (Wildman–Crippen MR) is 106 cm³/mol. The van der Waals surface area contributed by atoms with E-state index < -0.39 is 29.2 Å². The van der Waals surface area contributed by atoms with E-state index >= 15 is 0 Å². The van der Waals surface area contributed by atoms with Gasteiger partial charge in [-0.3, -0.25) is 14.5 Å². The molecule has 11 nitrogen and oxygen atoms in total. The van der Waals surface area contributed by atoms with E-state index in [1.54, 1.807) is 5.38 Å². The van der Waals surface area contributed by atoms with Crippen LogP contribution in [0.1, 0.15) is 18.5 Å². The third-order valence-corrected chi connectivity index (χ3v) is 6.93. The number of amides is 2. The smallest absolute Gasteiger partial charge is 0.543 e. The van der Waals surface area contributed by atoms with Gasteiger partial charge in [0.1, 0.15) is 24.2 Å². The summed E-state index contributed by atoms with van der Waals surface area (Å²) in [5.74, 6) is -2.27. The average Bonchev–Trinajstić information content (AvgIpc) is 3.40. The van der Waals surface area contributed by atoms with Crippen molar-refractivity contribution in [3.63, 3.8) is 0 Å². The largest absolute Gasteiger partial charge is 1.00 e.